The third-order valence-electron chi connectivity index (χ3n) is 4.69. The molecule has 0 N–H and O–H groups in total. The van der Waals surface area contributed by atoms with Gasteiger partial charge >= 0.3 is 0 Å². The van der Waals surface area contributed by atoms with Gasteiger partial charge in [-0.15, -0.1) is 0 Å². The molecule has 0 bridgehead atoms. The lowest BCUT2D eigenvalue weighted by Gasteiger charge is -2.14. The van der Waals surface area contributed by atoms with Crippen LogP contribution in [0.15, 0.2) is 50.4 Å². The monoisotopic (exact) mass is 446 g/mol. The molecule has 0 aliphatic rings. The number of ether oxygens (including phenoxy) is 2. The minimum Gasteiger partial charge on any atom is -0.497 e. The zero-order valence-electron chi connectivity index (χ0n) is 16.1. The van der Waals surface area contributed by atoms with Crippen molar-refractivity contribution in [3.63, 3.8) is 0 Å². The Bertz CT molecular complexity index is 1390. The topological polar surface area (TPSA) is 83.6 Å². The van der Waals surface area contributed by atoms with Crippen LogP contribution >= 0.6 is 23.2 Å². The van der Waals surface area contributed by atoms with Crippen molar-refractivity contribution in [1.82, 2.24) is 9.55 Å². The molecule has 154 valence electrons. The van der Waals surface area contributed by atoms with Gasteiger partial charge < -0.3 is 13.9 Å². The van der Waals surface area contributed by atoms with Gasteiger partial charge in [0.1, 0.15) is 17.2 Å². The smallest absolute Gasteiger partial charge is 0.269 e. The first kappa shape index (κ1) is 20.4. The molecule has 0 spiro atoms. The average molecular weight is 447 g/mol. The molecule has 0 fully saturated rings. The fourth-order valence-corrected chi connectivity index (χ4v) is 3.70. The van der Waals surface area contributed by atoms with Gasteiger partial charge in [0.05, 0.1) is 30.7 Å². The molecular formula is C21H16Cl2N2O5. The van der Waals surface area contributed by atoms with Gasteiger partial charge in [-0.3, -0.25) is 14.2 Å². The SMILES string of the molecule is COCCn1c(-c2ccc(Cl)cc2Cl)nc2oc3cc(OC)ccc3c(=O)c2c1=O. The molecule has 2 heterocycles. The van der Waals surface area contributed by atoms with Crippen LogP contribution in [0.2, 0.25) is 10.0 Å². The van der Waals surface area contributed by atoms with Crippen LogP contribution in [-0.2, 0) is 11.3 Å². The van der Waals surface area contributed by atoms with Crippen molar-refractivity contribution in [2.75, 3.05) is 20.8 Å². The number of fused-ring (bicyclic) bond motifs is 2. The quantitative estimate of drug-likeness (QED) is 0.428. The first-order valence-corrected chi connectivity index (χ1v) is 9.70. The minimum atomic E-state index is -0.537. The van der Waals surface area contributed by atoms with Gasteiger partial charge in [0.2, 0.25) is 11.1 Å². The summed E-state index contributed by atoms with van der Waals surface area (Å²) in [6.07, 6.45) is 0. The molecule has 0 aliphatic heterocycles. The van der Waals surface area contributed by atoms with Crippen LogP contribution in [0, 0.1) is 0 Å². The molecule has 0 atom stereocenters. The van der Waals surface area contributed by atoms with Crippen molar-refractivity contribution in [2.45, 2.75) is 6.54 Å². The van der Waals surface area contributed by atoms with Crippen molar-refractivity contribution in [3.8, 4) is 17.1 Å². The number of benzene rings is 2. The van der Waals surface area contributed by atoms with E-state index in [1.165, 1.54) is 18.8 Å². The second kappa shape index (κ2) is 8.10. The molecule has 0 saturated carbocycles. The maximum atomic E-state index is 13.3. The molecule has 9 heteroatoms. The van der Waals surface area contributed by atoms with Crippen LogP contribution in [0.3, 0.4) is 0 Å². The summed E-state index contributed by atoms with van der Waals surface area (Å²) < 4.78 is 17.5. The molecular weight excluding hydrogens is 431 g/mol. The highest BCUT2D eigenvalue weighted by Gasteiger charge is 2.20. The van der Waals surface area contributed by atoms with E-state index >= 15 is 0 Å². The highest BCUT2D eigenvalue weighted by Crippen LogP contribution is 2.30. The lowest BCUT2D eigenvalue weighted by Crippen LogP contribution is -2.29. The third kappa shape index (κ3) is 3.45. The second-order valence-electron chi connectivity index (χ2n) is 6.48. The highest BCUT2D eigenvalue weighted by atomic mass is 35.5. The summed E-state index contributed by atoms with van der Waals surface area (Å²) in [4.78, 5) is 30.9. The van der Waals surface area contributed by atoms with Crippen LogP contribution in [0.1, 0.15) is 0 Å². The fourth-order valence-electron chi connectivity index (χ4n) is 3.21. The zero-order valence-corrected chi connectivity index (χ0v) is 17.6. The van der Waals surface area contributed by atoms with Crippen LogP contribution in [0.25, 0.3) is 33.5 Å². The molecule has 2 aromatic heterocycles. The van der Waals surface area contributed by atoms with E-state index < -0.39 is 11.0 Å². The Balaban J connectivity index is 2.11. The van der Waals surface area contributed by atoms with E-state index in [1.54, 1.807) is 36.4 Å². The molecule has 0 amide bonds. The first-order chi connectivity index (χ1) is 14.4. The fraction of sp³-hybridized carbons (Fsp3) is 0.190. The van der Waals surface area contributed by atoms with Gasteiger partial charge in [-0.25, -0.2) is 0 Å². The summed E-state index contributed by atoms with van der Waals surface area (Å²) in [5.74, 6) is 0.760. The molecule has 4 rings (SSSR count). The van der Waals surface area contributed by atoms with Gasteiger partial charge in [0.25, 0.3) is 5.56 Å². The van der Waals surface area contributed by atoms with Crippen molar-refractivity contribution >= 4 is 45.3 Å². The van der Waals surface area contributed by atoms with Gasteiger partial charge in [-0.2, -0.15) is 4.98 Å². The van der Waals surface area contributed by atoms with E-state index in [9.17, 15) is 9.59 Å². The number of nitrogens with zero attached hydrogens (tertiary/aromatic N) is 2. The highest BCUT2D eigenvalue weighted by molar-refractivity contribution is 6.36. The maximum absolute atomic E-state index is 13.3. The number of aromatic nitrogens is 2. The Labute approximate surface area is 180 Å². The maximum Gasteiger partial charge on any atom is 0.269 e. The Hall–Kier alpha value is -2.87. The van der Waals surface area contributed by atoms with E-state index in [4.69, 9.17) is 37.1 Å². The first-order valence-electron chi connectivity index (χ1n) is 8.94. The molecule has 0 radical (unpaired) electrons. The van der Waals surface area contributed by atoms with Crippen LogP contribution < -0.4 is 15.7 Å². The summed E-state index contributed by atoms with van der Waals surface area (Å²) in [6, 6.07) is 9.61. The van der Waals surface area contributed by atoms with Crippen LogP contribution in [-0.4, -0.2) is 30.4 Å². The average Bonchev–Trinajstić information content (AvgIpc) is 2.72. The molecule has 4 aromatic rings. The predicted octanol–water partition coefficient (Wildman–Crippen LogP) is 4.13. The number of hydrogen-bond acceptors (Lipinski definition) is 6. The van der Waals surface area contributed by atoms with E-state index in [0.29, 0.717) is 21.4 Å². The summed E-state index contributed by atoms with van der Waals surface area (Å²) in [7, 11) is 3.03. The Morgan fingerprint density at radius 2 is 1.90 bits per heavy atom. The lowest BCUT2D eigenvalue weighted by molar-refractivity contribution is 0.186. The van der Waals surface area contributed by atoms with Crippen LogP contribution in [0.4, 0.5) is 0 Å². The molecule has 0 unspecified atom stereocenters. The molecule has 2 aromatic carbocycles. The second-order valence-corrected chi connectivity index (χ2v) is 7.33. The number of hydrogen-bond donors (Lipinski definition) is 0. The van der Waals surface area contributed by atoms with Crippen molar-refractivity contribution < 1.29 is 13.9 Å². The predicted molar refractivity (Wildman–Crippen MR) is 116 cm³/mol. The molecule has 0 saturated heterocycles. The van der Waals surface area contributed by atoms with Gasteiger partial charge in [-0.1, -0.05) is 23.2 Å². The number of methoxy groups -OCH3 is 2. The zero-order chi connectivity index (χ0) is 21.4. The molecule has 30 heavy (non-hydrogen) atoms. The lowest BCUT2D eigenvalue weighted by atomic mass is 10.1. The Morgan fingerprint density at radius 3 is 2.60 bits per heavy atom. The van der Waals surface area contributed by atoms with Crippen LogP contribution in [0.5, 0.6) is 5.75 Å². The van der Waals surface area contributed by atoms with E-state index in [2.05, 4.69) is 4.98 Å². The van der Waals surface area contributed by atoms with E-state index in [1.807, 2.05) is 0 Å². The normalized spacial score (nSPS) is 11.3. The van der Waals surface area contributed by atoms with Crippen molar-refractivity contribution in [3.05, 3.63) is 67.0 Å². The number of halogens is 2. The summed E-state index contributed by atoms with van der Waals surface area (Å²) in [5.41, 5.74) is -0.345. The summed E-state index contributed by atoms with van der Waals surface area (Å²) in [5, 5.41) is 0.875. The Kier molecular flexibility index (Phi) is 5.51. The third-order valence-corrected chi connectivity index (χ3v) is 5.24. The van der Waals surface area contributed by atoms with Gasteiger partial charge in [0.15, 0.2) is 5.39 Å². The van der Waals surface area contributed by atoms with Gasteiger partial charge in [-0.05, 0) is 30.3 Å². The molecule has 0 aliphatic carbocycles. The summed E-state index contributed by atoms with van der Waals surface area (Å²) >= 11 is 12.4. The van der Waals surface area contributed by atoms with Gasteiger partial charge in [0, 0.05) is 23.8 Å². The van der Waals surface area contributed by atoms with Crippen molar-refractivity contribution in [2.24, 2.45) is 0 Å². The molecule has 7 nitrogen and oxygen atoms in total. The van der Waals surface area contributed by atoms with E-state index in [0.717, 1.165) is 0 Å². The summed E-state index contributed by atoms with van der Waals surface area (Å²) in [6.45, 7) is 0.411. The number of rotatable bonds is 5. The largest absolute Gasteiger partial charge is 0.497 e. The van der Waals surface area contributed by atoms with E-state index in [-0.39, 0.29) is 41.0 Å². The minimum absolute atomic E-state index is 0.0829. The standard InChI is InChI=1S/C21H16Cl2N2O5/c1-28-8-7-25-19(13-5-3-11(22)9-15(13)23)24-20-17(21(25)27)18(26)14-6-4-12(29-2)10-16(14)30-20/h3-6,9-10H,7-8H2,1-2H3. The van der Waals surface area contributed by atoms with Crippen molar-refractivity contribution in [1.29, 1.82) is 0 Å². The Morgan fingerprint density at radius 1 is 1.10 bits per heavy atom.